The Bertz CT molecular complexity index is 887. The fraction of sp³-hybridized carbons (Fsp3) is 0.391. The van der Waals surface area contributed by atoms with E-state index in [4.69, 9.17) is 5.73 Å². The molecule has 0 aliphatic carbocycles. The maximum absolute atomic E-state index is 5.75. The summed E-state index contributed by atoms with van der Waals surface area (Å²) in [4.78, 5) is 5.03. The van der Waals surface area contributed by atoms with Gasteiger partial charge in [0.15, 0.2) is 0 Å². The summed E-state index contributed by atoms with van der Waals surface area (Å²) in [6.45, 7) is 7.59. The Morgan fingerprint density at radius 1 is 1.04 bits per heavy atom. The van der Waals surface area contributed by atoms with Gasteiger partial charge in [0.1, 0.15) is 0 Å². The van der Waals surface area contributed by atoms with Crippen LogP contribution in [0.25, 0.3) is 22.2 Å². The van der Waals surface area contributed by atoms with Gasteiger partial charge in [0, 0.05) is 21.4 Å². The van der Waals surface area contributed by atoms with Gasteiger partial charge in [-0.1, -0.05) is 45.0 Å². The van der Waals surface area contributed by atoms with Crippen molar-refractivity contribution in [2.24, 2.45) is 5.73 Å². The lowest BCUT2D eigenvalue weighted by Gasteiger charge is -2.19. The van der Waals surface area contributed by atoms with Gasteiger partial charge in [-0.05, 0) is 66.8 Å². The number of benzene rings is 2. The van der Waals surface area contributed by atoms with Gasteiger partial charge in [0.25, 0.3) is 0 Å². The van der Waals surface area contributed by atoms with E-state index >= 15 is 0 Å². The Morgan fingerprint density at radius 2 is 1.81 bits per heavy atom. The first-order valence-electron chi connectivity index (χ1n) is 9.44. The topological polar surface area (TPSA) is 41.8 Å². The van der Waals surface area contributed by atoms with Crippen molar-refractivity contribution in [3.05, 3.63) is 53.6 Å². The predicted octanol–water partition coefficient (Wildman–Crippen LogP) is 6.14. The number of hydrogen-bond acceptors (Lipinski definition) is 2. The smallest absolute Gasteiger partial charge is 0.0508 e. The lowest BCUT2D eigenvalue weighted by Crippen LogP contribution is -2.10. The van der Waals surface area contributed by atoms with Crippen LogP contribution in [0.15, 0.2) is 47.4 Å². The van der Waals surface area contributed by atoms with Crippen molar-refractivity contribution >= 4 is 22.7 Å². The second-order valence-electron chi connectivity index (χ2n) is 7.93. The normalized spacial score (nSPS) is 12.0. The summed E-state index contributed by atoms with van der Waals surface area (Å²) in [7, 11) is 0. The third-order valence-electron chi connectivity index (χ3n) is 5.03. The van der Waals surface area contributed by atoms with Gasteiger partial charge in [-0.3, -0.25) is 0 Å². The molecule has 1 heterocycles. The lowest BCUT2D eigenvalue weighted by molar-refractivity contribution is 0.591. The van der Waals surface area contributed by atoms with Crippen molar-refractivity contribution in [2.45, 2.75) is 50.3 Å². The minimum atomic E-state index is 0.150. The Morgan fingerprint density at radius 3 is 2.50 bits per heavy atom. The highest BCUT2D eigenvalue weighted by atomic mass is 32.2. The number of nitrogens with one attached hydrogen (secondary N) is 1. The van der Waals surface area contributed by atoms with Crippen LogP contribution in [0.2, 0.25) is 0 Å². The van der Waals surface area contributed by atoms with E-state index in [1.165, 1.54) is 38.2 Å². The molecule has 0 amide bonds. The molecule has 0 saturated heterocycles. The Hall–Kier alpha value is -1.71. The number of nitrogens with two attached hydrogens (primary N) is 1. The van der Waals surface area contributed by atoms with Crippen molar-refractivity contribution in [1.29, 1.82) is 0 Å². The number of aryl methyl sites for hydroxylation is 1. The summed E-state index contributed by atoms with van der Waals surface area (Å²) in [5, 5.41) is 1.36. The van der Waals surface area contributed by atoms with Crippen LogP contribution in [0.3, 0.4) is 0 Å². The average Bonchev–Trinajstić information content (AvgIpc) is 2.99. The van der Waals surface area contributed by atoms with E-state index in [1.807, 2.05) is 0 Å². The third kappa shape index (κ3) is 3.84. The molecule has 0 bridgehead atoms. The van der Waals surface area contributed by atoms with Gasteiger partial charge in [0.05, 0.1) is 5.69 Å². The molecule has 3 rings (SSSR count). The predicted molar refractivity (Wildman–Crippen MR) is 116 cm³/mol. The maximum atomic E-state index is 5.75. The molecule has 1 aromatic heterocycles. The van der Waals surface area contributed by atoms with Crippen molar-refractivity contribution < 1.29 is 0 Å². The molecule has 0 atom stereocenters. The van der Waals surface area contributed by atoms with Crippen LogP contribution >= 0.6 is 11.8 Å². The molecule has 0 saturated carbocycles. The summed E-state index contributed by atoms with van der Waals surface area (Å²) in [5.41, 5.74) is 12.5. The summed E-state index contributed by atoms with van der Waals surface area (Å²) in [6, 6.07) is 15.6. The molecule has 0 fully saturated rings. The van der Waals surface area contributed by atoms with Crippen molar-refractivity contribution in [3.8, 4) is 11.3 Å². The molecule has 26 heavy (non-hydrogen) atoms. The maximum Gasteiger partial charge on any atom is 0.0508 e. The summed E-state index contributed by atoms with van der Waals surface area (Å²) >= 11 is 1.80. The molecule has 0 aliphatic rings. The fourth-order valence-corrected chi connectivity index (χ4v) is 4.11. The van der Waals surface area contributed by atoms with Crippen LogP contribution in [0.4, 0.5) is 0 Å². The van der Waals surface area contributed by atoms with Crippen molar-refractivity contribution in [1.82, 2.24) is 4.98 Å². The first kappa shape index (κ1) is 19.1. The monoisotopic (exact) mass is 366 g/mol. The highest BCUT2D eigenvalue weighted by Crippen LogP contribution is 2.37. The number of H-pyrrole nitrogens is 1. The van der Waals surface area contributed by atoms with Crippen LogP contribution in [0.1, 0.15) is 44.7 Å². The molecule has 0 spiro atoms. The van der Waals surface area contributed by atoms with Crippen LogP contribution in [-0.2, 0) is 11.8 Å². The van der Waals surface area contributed by atoms with E-state index in [1.54, 1.807) is 11.8 Å². The number of aromatic amines is 1. The Kier molecular flexibility index (Phi) is 5.79. The molecule has 0 unspecified atom stereocenters. The third-order valence-corrected chi connectivity index (χ3v) is 5.83. The van der Waals surface area contributed by atoms with Gasteiger partial charge in [-0.15, -0.1) is 11.8 Å². The van der Waals surface area contributed by atoms with Crippen LogP contribution in [-0.4, -0.2) is 17.8 Å². The second-order valence-corrected chi connectivity index (χ2v) is 8.78. The zero-order valence-corrected chi connectivity index (χ0v) is 17.2. The molecule has 138 valence electrons. The molecule has 3 N–H and O–H groups in total. The minimum Gasteiger partial charge on any atom is -0.354 e. The number of fused-ring (bicyclic) bond motifs is 1. The van der Waals surface area contributed by atoms with E-state index in [0.717, 1.165) is 25.8 Å². The van der Waals surface area contributed by atoms with Crippen molar-refractivity contribution in [2.75, 3.05) is 12.8 Å². The Labute approximate surface area is 161 Å². The largest absolute Gasteiger partial charge is 0.354 e. The Balaban J connectivity index is 2.19. The van der Waals surface area contributed by atoms with E-state index in [0.29, 0.717) is 0 Å². The van der Waals surface area contributed by atoms with E-state index in [-0.39, 0.29) is 5.41 Å². The lowest BCUT2D eigenvalue weighted by atomic mass is 9.86. The quantitative estimate of drug-likeness (QED) is 0.407. The number of hydrogen-bond donors (Lipinski definition) is 2. The van der Waals surface area contributed by atoms with Crippen LogP contribution in [0, 0.1) is 0 Å². The van der Waals surface area contributed by atoms with Gasteiger partial charge in [0.2, 0.25) is 0 Å². The minimum absolute atomic E-state index is 0.150. The van der Waals surface area contributed by atoms with Crippen LogP contribution < -0.4 is 5.73 Å². The molecule has 0 aliphatic heterocycles. The molecule has 0 radical (unpaired) electrons. The molecular formula is C23H30N2S. The van der Waals surface area contributed by atoms with E-state index in [2.05, 4.69) is 74.5 Å². The molecule has 3 aromatic rings. The first-order chi connectivity index (χ1) is 12.5. The highest BCUT2D eigenvalue weighted by molar-refractivity contribution is 7.98. The number of thioether (sulfide) groups is 1. The summed E-state index contributed by atoms with van der Waals surface area (Å²) < 4.78 is 0. The highest BCUT2D eigenvalue weighted by Gasteiger charge is 2.19. The van der Waals surface area contributed by atoms with Crippen molar-refractivity contribution in [3.63, 3.8) is 0 Å². The average molecular weight is 367 g/mol. The number of aromatic nitrogens is 1. The van der Waals surface area contributed by atoms with Gasteiger partial charge >= 0.3 is 0 Å². The van der Waals surface area contributed by atoms with E-state index < -0.39 is 0 Å². The second kappa shape index (κ2) is 7.89. The zero-order valence-electron chi connectivity index (χ0n) is 16.4. The fourth-order valence-electron chi connectivity index (χ4n) is 3.50. The molecular weight excluding hydrogens is 336 g/mol. The first-order valence-corrected chi connectivity index (χ1v) is 10.7. The van der Waals surface area contributed by atoms with Gasteiger partial charge < -0.3 is 10.7 Å². The number of rotatable bonds is 6. The standard InChI is InChI=1S/C23H30N2S/c1-23(2,3)16-12-13-20-19(15-16)17(9-7-8-14-24)22(25-20)18-10-5-6-11-21(18)26-4/h5-6,10-13,15,25H,7-9,14,24H2,1-4H3. The molecule has 3 heteroatoms. The molecule has 2 aromatic carbocycles. The SMILES string of the molecule is CSc1ccccc1-c1[nH]c2ccc(C(C)(C)C)cc2c1CCCCN. The summed E-state index contributed by atoms with van der Waals surface area (Å²) in [5.74, 6) is 0. The van der Waals surface area contributed by atoms with Crippen LogP contribution in [0.5, 0.6) is 0 Å². The number of unbranched alkanes of at least 4 members (excludes halogenated alkanes) is 1. The summed E-state index contributed by atoms with van der Waals surface area (Å²) in [6.07, 6.45) is 5.39. The van der Waals surface area contributed by atoms with Gasteiger partial charge in [-0.2, -0.15) is 0 Å². The molecule has 2 nitrogen and oxygen atoms in total. The van der Waals surface area contributed by atoms with E-state index in [9.17, 15) is 0 Å². The zero-order chi connectivity index (χ0) is 18.7. The van der Waals surface area contributed by atoms with Gasteiger partial charge in [-0.25, -0.2) is 0 Å².